The molecule has 2 aliphatic rings. The largest absolute Gasteiger partial charge is 0.401 e. The van der Waals surface area contributed by atoms with E-state index in [9.17, 15) is 13.2 Å². The third kappa shape index (κ3) is 5.18. The van der Waals surface area contributed by atoms with E-state index in [-0.39, 0.29) is 23.0 Å². The van der Waals surface area contributed by atoms with Gasteiger partial charge in [-0.2, -0.15) is 13.2 Å². The van der Waals surface area contributed by atoms with Gasteiger partial charge in [-0.3, -0.25) is 4.90 Å². The minimum atomic E-state index is -4.13. The van der Waals surface area contributed by atoms with Crippen LogP contribution < -0.4 is 5.73 Å². The maximum Gasteiger partial charge on any atom is 0.401 e. The van der Waals surface area contributed by atoms with Gasteiger partial charge >= 0.3 is 6.18 Å². The van der Waals surface area contributed by atoms with Crippen molar-refractivity contribution in [2.45, 2.75) is 31.5 Å². The van der Waals surface area contributed by atoms with E-state index in [1.54, 1.807) is 0 Å². The van der Waals surface area contributed by atoms with Crippen LogP contribution in [0.25, 0.3) is 0 Å². The minimum absolute atomic E-state index is 0. The van der Waals surface area contributed by atoms with E-state index in [1.165, 1.54) is 4.90 Å². The lowest BCUT2D eigenvalue weighted by molar-refractivity contribution is -0.143. The van der Waals surface area contributed by atoms with E-state index in [0.29, 0.717) is 25.5 Å². The van der Waals surface area contributed by atoms with Crippen LogP contribution in [0.2, 0.25) is 0 Å². The zero-order valence-corrected chi connectivity index (χ0v) is 12.4. The molecule has 2 rings (SSSR count). The molecular weight excluding hydrogens is 325 g/mol. The Bertz CT molecular complexity index is 316. The number of rotatable bonds is 2. The smallest absolute Gasteiger partial charge is 0.370 e. The number of guanidine groups is 1. The van der Waals surface area contributed by atoms with Crippen molar-refractivity contribution in [3.05, 3.63) is 0 Å². The summed E-state index contributed by atoms with van der Waals surface area (Å²) in [6.45, 7) is 1.78. The summed E-state index contributed by atoms with van der Waals surface area (Å²) in [4.78, 5) is 7.75. The van der Waals surface area contributed by atoms with Gasteiger partial charge in [0.2, 0.25) is 0 Å². The maximum atomic E-state index is 12.2. The summed E-state index contributed by atoms with van der Waals surface area (Å²) in [5.41, 5.74) is 5.87. The SMILES string of the molecule is Br.NC(=NC1CCN(CC(F)(F)F)C1)N1CCCC1. The van der Waals surface area contributed by atoms with Crippen LogP contribution in [0, 0.1) is 0 Å². The van der Waals surface area contributed by atoms with Gasteiger partial charge in [-0.05, 0) is 19.3 Å². The van der Waals surface area contributed by atoms with Crippen LogP contribution in [0.3, 0.4) is 0 Å². The van der Waals surface area contributed by atoms with E-state index in [1.807, 2.05) is 4.90 Å². The first-order valence-electron chi connectivity index (χ1n) is 6.31. The highest BCUT2D eigenvalue weighted by Crippen LogP contribution is 2.21. The van der Waals surface area contributed by atoms with Gasteiger partial charge in [0.25, 0.3) is 0 Å². The van der Waals surface area contributed by atoms with Crippen LogP contribution in [0.5, 0.6) is 0 Å². The number of nitrogens with zero attached hydrogens (tertiary/aromatic N) is 3. The first-order valence-corrected chi connectivity index (χ1v) is 6.31. The monoisotopic (exact) mass is 344 g/mol. The van der Waals surface area contributed by atoms with Crippen LogP contribution in [0.15, 0.2) is 4.99 Å². The molecule has 0 saturated carbocycles. The molecule has 2 aliphatic heterocycles. The third-order valence-corrected chi connectivity index (χ3v) is 3.40. The molecule has 0 radical (unpaired) electrons. The Balaban J connectivity index is 0.00000180. The van der Waals surface area contributed by atoms with Crippen LogP contribution in [-0.4, -0.2) is 60.7 Å². The van der Waals surface area contributed by atoms with Crippen molar-refractivity contribution in [3.63, 3.8) is 0 Å². The van der Waals surface area contributed by atoms with Crippen molar-refractivity contribution in [2.24, 2.45) is 10.7 Å². The summed E-state index contributed by atoms with van der Waals surface area (Å²) in [6, 6.07) is -0.0899. The molecule has 2 fully saturated rings. The van der Waals surface area contributed by atoms with Gasteiger partial charge < -0.3 is 10.6 Å². The fourth-order valence-corrected chi connectivity index (χ4v) is 2.53. The van der Waals surface area contributed by atoms with Crippen molar-refractivity contribution in [3.8, 4) is 0 Å². The zero-order chi connectivity index (χ0) is 13.2. The van der Waals surface area contributed by atoms with Crippen LogP contribution >= 0.6 is 17.0 Å². The van der Waals surface area contributed by atoms with Gasteiger partial charge in [0.15, 0.2) is 5.96 Å². The van der Waals surface area contributed by atoms with Crippen molar-refractivity contribution < 1.29 is 13.2 Å². The number of alkyl halides is 3. The maximum absolute atomic E-state index is 12.2. The average molecular weight is 345 g/mol. The molecule has 2 saturated heterocycles. The average Bonchev–Trinajstić information content (AvgIpc) is 2.86. The number of hydrogen-bond donors (Lipinski definition) is 1. The highest BCUT2D eigenvalue weighted by Gasteiger charge is 2.34. The Kier molecular flexibility index (Phi) is 5.91. The summed E-state index contributed by atoms with van der Waals surface area (Å²) in [7, 11) is 0. The Morgan fingerprint density at radius 2 is 1.84 bits per heavy atom. The van der Waals surface area contributed by atoms with Crippen molar-refractivity contribution in [2.75, 3.05) is 32.7 Å². The molecule has 0 aromatic carbocycles. The van der Waals surface area contributed by atoms with Gasteiger partial charge in [0.05, 0.1) is 12.6 Å². The van der Waals surface area contributed by atoms with Crippen molar-refractivity contribution in [1.82, 2.24) is 9.80 Å². The molecule has 2 N–H and O–H groups in total. The van der Waals surface area contributed by atoms with E-state index < -0.39 is 12.7 Å². The molecule has 4 nitrogen and oxygen atoms in total. The van der Waals surface area contributed by atoms with Crippen LogP contribution in [0.1, 0.15) is 19.3 Å². The number of hydrogen-bond acceptors (Lipinski definition) is 2. The second-order valence-corrected chi connectivity index (χ2v) is 4.97. The molecule has 8 heteroatoms. The molecule has 0 bridgehead atoms. The Morgan fingerprint density at radius 1 is 1.21 bits per heavy atom. The standard InChI is InChI=1S/C11H19F3N4.BrH/c12-11(13,14)8-17-6-3-9(7-17)16-10(15)18-4-1-2-5-18;/h9H,1-8H2,(H2,15,16);1H. The fraction of sp³-hybridized carbons (Fsp3) is 0.909. The molecule has 0 aromatic rings. The summed E-state index contributed by atoms with van der Waals surface area (Å²) in [6.07, 6.45) is -1.24. The number of likely N-dealkylation sites (tertiary alicyclic amines) is 2. The topological polar surface area (TPSA) is 44.9 Å². The summed E-state index contributed by atoms with van der Waals surface area (Å²) < 4.78 is 36.7. The first-order chi connectivity index (χ1) is 8.44. The normalized spacial score (nSPS) is 25.7. The molecule has 0 aliphatic carbocycles. The Labute approximate surface area is 121 Å². The second kappa shape index (κ2) is 6.78. The molecule has 0 spiro atoms. The fourth-order valence-electron chi connectivity index (χ4n) is 2.53. The molecule has 0 aromatic heterocycles. The molecule has 1 atom stereocenters. The van der Waals surface area contributed by atoms with Gasteiger partial charge in [-0.1, -0.05) is 0 Å². The molecule has 1 unspecified atom stereocenters. The quantitative estimate of drug-likeness (QED) is 0.611. The lowest BCUT2D eigenvalue weighted by atomic mass is 10.3. The van der Waals surface area contributed by atoms with Crippen molar-refractivity contribution >= 4 is 22.9 Å². The van der Waals surface area contributed by atoms with Gasteiger partial charge in [0, 0.05) is 26.2 Å². The van der Waals surface area contributed by atoms with E-state index in [2.05, 4.69) is 4.99 Å². The van der Waals surface area contributed by atoms with Crippen LogP contribution in [0.4, 0.5) is 13.2 Å². The Hall–Kier alpha value is -0.500. The van der Waals surface area contributed by atoms with E-state index in [4.69, 9.17) is 5.73 Å². The van der Waals surface area contributed by atoms with Gasteiger partial charge in [-0.25, -0.2) is 4.99 Å². The lowest BCUT2D eigenvalue weighted by Crippen LogP contribution is -2.37. The highest BCUT2D eigenvalue weighted by atomic mass is 79.9. The summed E-state index contributed by atoms with van der Waals surface area (Å²) in [5.74, 6) is 0.492. The molecule has 19 heavy (non-hydrogen) atoms. The van der Waals surface area contributed by atoms with Crippen LogP contribution in [-0.2, 0) is 0 Å². The number of aliphatic imine (C=N–C) groups is 1. The first kappa shape index (κ1) is 16.6. The highest BCUT2D eigenvalue weighted by molar-refractivity contribution is 8.93. The van der Waals surface area contributed by atoms with Gasteiger partial charge in [0.1, 0.15) is 0 Å². The lowest BCUT2D eigenvalue weighted by Gasteiger charge is -2.19. The van der Waals surface area contributed by atoms with E-state index >= 15 is 0 Å². The van der Waals surface area contributed by atoms with Crippen molar-refractivity contribution in [1.29, 1.82) is 0 Å². The molecular formula is C11H20BrF3N4. The minimum Gasteiger partial charge on any atom is -0.370 e. The predicted octanol–water partition coefficient (Wildman–Crippen LogP) is 1.61. The second-order valence-electron chi connectivity index (χ2n) is 4.97. The van der Waals surface area contributed by atoms with E-state index in [0.717, 1.165) is 25.9 Å². The number of nitrogens with two attached hydrogens (primary N) is 1. The predicted molar refractivity (Wildman–Crippen MR) is 73.7 cm³/mol. The third-order valence-electron chi connectivity index (χ3n) is 3.40. The number of halogens is 4. The molecule has 2 heterocycles. The molecule has 112 valence electrons. The molecule has 0 amide bonds. The summed E-state index contributed by atoms with van der Waals surface area (Å²) >= 11 is 0. The zero-order valence-electron chi connectivity index (χ0n) is 10.7. The van der Waals surface area contributed by atoms with Gasteiger partial charge in [-0.15, -0.1) is 17.0 Å². The Morgan fingerprint density at radius 3 is 2.42 bits per heavy atom. The summed E-state index contributed by atoms with van der Waals surface area (Å²) in [5, 5.41) is 0.